The lowest BCUT2D eigenvalue weighted by Crippen LogP contribution is -2.39. The molecule has 0 spiro atoms. The van der Waals surface area contributed by atoms with E-state index in [1.54, 1.807) is 12.1 Å². The number of rotatable bonds is 3. The molecule has 1 aliphatic heterocycles. The molecule has 1 unspecified atom stereocenters. The van der Waals surface area contributed by atoms with Crippen molar-refractivity contribution < 1.29 is 9.18 Å². The summed E-state index contributed by atoms with van der Waals surface area (Å²) < 4.78 is 12.7. The topological polar surface area (TPSA) is 41.1 Å². The molecule has 0 aromatic heterocycles. The normalized spacial score (nSPS) is 23.6. The summed E-state index contributed by atoms with van der Waals surface area (Å²) in [5.74, 6) is -0.196. The van der Waals surface area contributed by atoms with Crippen LogP contribution in [0, 0.1) is 11.2 Å². The van der Waals surface area contributed by atoms with Gasteiger partial charge in [0.15, 0.2) is 0 Å². The molecule has 2 rings (SSSR count). The summed E-state index contributed by atoms with van der Waals surface area (Å²) in [7, 11) is 0. The highest BCUT2D eigenvalue weighted by Crippen LogP contribution is 2.24. The molecule has 0 radical (unpaired) electrons. The summed E-state index contributed by atoms with van der Waals surface area (Å²) in [5, 5.41) is 6.09. The second-order valence-corrected chi connectivity index (χ2v) is 4.80. The molecule has 1 fully saturated rings. The third-order valence-electron chi connectivity index (χ3n) is 3.28. The number of carbonyl (C=O) groups is 1. The minimum atomic E-state index is -0.306. The third kappa shape index (κ3) is 2.82. The van der Waals surface area contributed by atoms with Crippen molar-refractivity contribution in [2.75, 3.05) is 13.1 Å². The van der Waals surface area contributed by atoms with E-state index in [1.165, 1.54) is 12.1 Å². The summed E-state index contributed by atoms with van der Waals surface area (Å²) in [5.41, 5.74) is 0.606. The number of hydrogen-bond donors (Lipinski definition) is 2. The van der Waals surface area contributed by atoms with Gasteiger partial charge in [0.1, 0.15) is 5.82 Å². The average Bonchev–Trinajstić information content (AvgIpc) is 2.76. The van der Waals surface area contributed by atoms with E-state index in [1.807, 2.05) is 6.92 Å². The predicted molar refractivity (Wildman–Crippen MR) is 63.8 cm³/mol. The zero-order valence-corrected chi connectivity index (χ0v) is 9.92. The smallest absolute Gasteiger partial charge is 0.227 e. The molecule has 0 aliphatic carbocycles. The number of hydrogen-bond acceptors (Lipinski definition) is 2. The lowest BCUT2D eigenvalue weighted by Gasteiger charge is -2.21. The standard InChI is InChI=1S/C13H17FN2O/c1-13(6-7-15-9-13)12(17)16-8-10-2-4-11(14)5-3-10/h2-5,15H,6-9H2,1H3,(H,16,17). The van der Waals surface area contributed by atoms with Crippen molar-refractivity contribution in [2.45, 2.75) is 19.9 Å². The van der Waals surface area contributed by atoms with Gasteiger partial charge in [-0.25, -0.2) is 4.39 Å². The number of carbonyl (C=O) groups excluding carboxylic acids is 1. The lowest BCUT2D eigenvalue weighted by molar-refractivity contribution is -0.129. The van der Waals surface area contributed by atoms with Crippen molar-refractivity contribution >= 4 is 5.91 Å². The van der Waals surface area contributed by atoms with Crippen LogP contribution in [0.25, 0.3) is 0 Å². The van der Waals surface area contributed by atoms with E-state index in [0.29, 0.717) is 6.54 Å². The van der Waals surface area contributed by atoms with Gasteiger partial charge >= 0.3 is 0 Å². The Morgan fingerprint density at radius 2 is 2.18 bits per heavy atom. The summed E-state index contributed by atoms with van der Waals surface area (Å²) in [6.07, 6.45) is 0.863. The van der Waals surface area contributed by atoms with E-state index in [0.717, 1.165) is 25.1 Å². The number of halogens is 1. The highest BCUT2D eigenvalue weighted by molar-refractivity contribution is 5.82. The van der Waals surface area contributed by atoms with Crippen LogP contribution < -0.4 is 10.6 Å². The van der Waals surface area contributed by atoms with E-state index < -0.39 is 0 Å². The maximum absolute atomic E-state index is 12.7. The van der Waals surface area contributed by atoms with Gasteiger partial charge in [-0.15, -0.1) is 0 Å². The van der Waals surface area contributed by atoms with Crippen molar-refractivity contribution in [2.24, 2.45) is 5.41 Å². The zero-order chi connectivity index (χ0) is 12.3. The van der Waals surface area contributed by atoms with Gasteiger partial charge in [0.25, 0.3) is 0 Å². The molecule has 1 amide bonds. The van der Waals surface area contributed by atoms with Crippen LogP contribution in [0.2, 0.25) is 0 Å². The first-order chi connectivity index (χ1) is 8.10. The SMILES string of the molecule is CC1(C(=O)NCc2ccc(F)cc2)CCNC1. The fourth-order valence-corrected chi connectivity index (χ4v) is 2.01. The molecule has 2 N–H and O–H groups in total. The third-order valence-corrected chi connectivity index (χ3v) is 3.28. The molecule has 1 aliphatic rings. The Hall–Kier alpha value is -1.42. The first-order valence-electron chi connectivity index (χ1n) is 5.84. The number of benzene rings is 1. The molecule has 1 atom stereocenters. The maximum Gasteiger partial charge on any atom is 0.227 e. The summed E-state index contributed by atoms with van der Waals surface area (Å²) >= 11 is 0. The largest absolute Gasteiger partial charge is 0.352 e. The van der Waals surface area contributed by atoms with Crippen LogP contribution in [0.15, 0.2) is 24.3 Å². The van der Waals surface area contributed by atoms with Crippen molar-refractivity contribution in [1.29, 1.82) is 0 Å². The Morgan fingerprint density at radius 1 is 1.47 bits per heavy atom. The predicted octanol–water partition coefficient (Wildman–Crippen LogP) is 1.44. The zero-order valence-electron chi connectivity index (χ0n) is 9.92. The number of amides is 1. The maximum atomic E-state index is 12.7. The van der Waals surface area contributed by atoms with Gasteiger partial charge in [-0.3, -0.25) is 4.79 Å². The minimum absolute atomic E-state index is 0.0619. The highest BCUT2D eigenvalue weighted by atomic mass is 19.1. The van der Waals surface area contributed by atoms with Crippen LogP contribution >= 0.6 is 0 Å². The van der Waals surface area contributed by atoms with E-state index >= 15 is 0 Å². The van der Waals surface area contributed by atoms with Gasteiger partial charge < -0.3 is 10.6 Å². The first kappa shape index (κ1) is 12.0. The van der Waals surface area contributed by atoms with Crippen LogP contribution in [0.3, 0.4) is 0 Å². The monoisotopic (exact) mass is 236 g/mol. The Bertz CT molecular complexity index is 396. The quantitative estimate of drug-likeness (QED) is 0.834. The van der Waals surface area contributed by atoms with Crippen LogP contribution in [-0.4, -0.2) is 19.0 Å². The van der Waals surface area contributed by atoms with Crippen molar-refractivity contribution in [1.82, 2.24) is 10.6 Å². The van der Waals surface area contributed by atoms with Gasteiger partial charge in [-0.05, 0) is 37.6 Å². The summed E-state index contributed by atoms with van der Waals surface area (Å²) in [6, 6.07) is 6.18. The average molecular weight is 236 g/mol. The van der Waals surface area contributed by atoms with Gasteiger partial charge in [-0.2, -0.15) is 0 Å². The van der Waals surface area contributed by atoms with Crippen molar-refractivity contribution in [3.05, 3.63) is 35.6 Å². The van der Waals surface area contributed by atoms with Gasteiger partial charge in [0.05, 0.1) is 5.41 Å². The molecule has 0 saturated carbocycles. The molecule has 17 heavy (non-hydrogen) atoms. The van der Waals surface area contributed by atoms with E-state index in [-0.39, 0.29) is 17.1 Å². The Kier molecular flexibility index (Phi) is 3.43. The fourth-order valence-electron chi connectivity index (χ4n) is 2.01. The van der Waals surface area contributed by atoms with E-state index in [9.17, 15) is 9.18 Å². The molecule has 1 heterocycles. The molecule has 1 aromatic rings. The molecular weight excluding hydrogens is 219 g/mol. The van der Waals surface area contributed by atoms with Gasteiger partial charge in [0, 0.05) is 13.1 Å². The molecule has 3 nitrogen and oxygen atoms in total. The summed E-state index contributed by atoms with van der Waals surface area (Å²) in [4.78, 5) is 12.0. The summed E-state index contributed by atoms with van der Waals surface area (Å²) in [6.45, 7) is 4.03. The molecular formula is C13H17FN2O. The van der Waals surface area contributed by atoms with E-state index in [4.69, 9.17) is 0 Å². The fraction of sp³-hybridized carbons (Fsp3) is 0.462. The lowest BCUT2D eigenvalue weighted by atomic mass is 9.89. The molecule has 92 valence electrons. The second kappa shape index (κ2) is 4.84. The number of nitrogens with one attached hydrogen (secondary N) is 2. The van der Waals surface area contributed by atoms with Gasteiger partial charge in [-0.1, -0.05) is 12.1 Å². The van der Waals surface area contributed by atoms with Crippen LogP contribution in [-0.2, 0) is 11.3 Å². The van der Waals surface area contributed by atoms with Gasteiger partial charge in [0.2, 0.25) is 5.91 Å². The first-order valence-corrected chi connectivity index (χ1v) is 5.84. The Labute approximate surface area is 100 Å². The highest BCUT2D eigenvalue weighted by Gasteiger charge is 2.35. The second-order valence-electron chi connectivity index (χ2n) is 4.80. The Morgan fingerprint density at radius 3 is 2.76 bits per heavy atom. The Balaban J connectivity index is 1.89. The van der Waals surface area contributed by atoms with E-state index in [2.05, 4.69) is 10.6 Å². The van der Waals surface area contributed by atoms with Crippen LogP contribution in [0.1, 0.15) is 18.9 Å². The van der Waals surface area contributed by atoms with Crippen LogP contribution in [0.4, 0.5) is 4.39 Å². The van der Waals surface area contributed by atoms with Crippen molar-refractivity contribution in [3.8, 4) is 0 Å². The molecule has 1 aromatic carbocycles. The van der Waals surface area contributed by atoms with Crippen molar-refractivity contribution in [3.63, 3.8) is 0 Å². The van der Waals surface area contributed by atoms with Crippen LogP contribution in [0.5, 0.6) is 0 Å². The molecule has 0 bridgehead atoms. The molecule has 1 saturated heterocycles. The molecule has 4 heteroatoms. The minimum Gasteiger partial charge on any atom is -0.352 e.